The highest BCUT2D eigenvalue weighted by molar-refractivity contribution is 7.99. The Kier molecular flexibility index (Phi) is 4.47. The molecule has 0 saturated carbocycles. The Labute approximate surface area is 138 Å². The lowest BCUT2D eigenvalue weighted by molar-refractivity contribution is 0.0962. The Morgan fingerprint density at radius 3 is 2.43 bits per heavy atom. The van der Waals surface area contributed by atoms with Gasteiger partial charge in [0, 0.05) is 17.0 Å². The zero-order chi connectivity index (χ0) is 16.2. The Morgan fingerprint density at radius 1 is 1.13 bits per heavy atom. The molecule has 0 aliphatic carbocycles. The summed E-state index contributed by atoms with van der Waals surface area (Å²) in [6.45, 7) is 3.81. The molecule has 0 aliphatic heterocycles. The molecule has 0 aliphatic rings. The van der Waals surface area contributed by atoms with E-state index in [0.29, 0.717) is 10.7 Å². The van der Waals surface area contributed by atoms with E-state index in [1.807, 2.05) is 38.1 Å². The van der Waals surface area contributed by atoms with Gasteiger partial charge in [-0.1, -0.05) is 42.1 Å². The number of thioether (sulfide) groups is 1. The van der Waals surface area contributed by atoms with Crippen molar-refractivity contribution in [2.45, 2.75) is 24.4 Å². The lowest BCUT2D eigenvalue weighted by Gasteiger charge is -2.15. The summed E-state index contributed by atoms with van der Waals surface area (Å²) in [6.07, 6.45) is 2.94. The standard InChI is InChI=1S/C16H15N5OS/c1-11-8-12(2)20-16(19-11)23-15(21-10-17-9-18-21)14(22)13-6-4-3-5-7-13/h3-10,15H,1-2H3. The van der Waals surface area contributed by atoms with Crippen LogP contribution < -0.4 is 0 Å². The number of benzene rings is 1. The van der Waals surface area contributed by atoms with Crippen LogP contribution in [0.1, 0.15) is 27.1 Å². The van der Waals surface area contributed by atoms with Crippen molar-refractivity contribution in [1.29, 1.82) is 0 Å². The maximum atomic E-state index is 12.9. The first-order chi connectivity index (χ1) is 11.1. The third-order valence-electron chi connectivity index (χ3n) is 3.14. The van der Waals surface area contributed by atoms with Gasteiger partial charge in [-0.3, -0.25) is 4.79 Å². The minimum Gasteiger partial charge on any atom is -0.291 e. The molecule has 2 aromatic heterocycles. The van der Waals surface area contributed by atoms with Crippen LogP contribution in [0.3, 0.4) is 0 Å². The second kappa shape index (κ2) is 6.70. The lowest BCUT2D eigenvalue weighted by Crippen LogP contribution is -2.18. The summed E-state index contributed by atoms with van der Waals surface area (Å²) in [5, 5.41) is 4.06. The van der Waals surface area contributed by atoms with Gasteiger partial charge in [-0.15, -0.1) is 0 Å². The third-order valence-corrected chi connectivity index (χ3v) is 4.19. The first-order valence-electron chi connectivity index (χ1n) is 7.06. The number of carbonyl (C=O) groups excluding carboxylic acids is 1. The zero-order valence-electron chi connectivity index (χ0n) is 12.7. The van der Waals surface area contributed by atoms with Crippen LogP contribution in [0.25, 0.3) is 0 Å². The minimum atomic E-state index is -0.596. The van der Waals surface area contributed by atoms with Crippen LogP contribution in [0.5, 0.6) is 0 Å². The van der Waals surface area contributed by atoms with Gasteiger partial charge in [0.15, 0.2) is 16.3 Å². The molecule has 1 aromatic carbocycles. The van der Waals surface area contributed by atoms with Gasteiger partial charge in [-0.25, -0.2) is 19.6 Å². The fourth-order valence-electron chi connectivity index (χ4n) is 2.16. The van der Waals surface area contributed by atoms with Gasteiger partial charge in [0.1, 0.15) is 12.7 Å². The molecule has 0 fully saturated rings. The van der Waals surface area contributed by atoms with Crippen molar-refractivity contribution in [1.82, 2.24) is 24.7 Å². The van der Waals surface area contributed by atoms with Gasteiger partial charge in [0.2, 0.25) is 0 Å². The van der Waals surface area contributed by atoms with Crippen LogP contribution in [0.2, 0.25) is 0 Å². The Bertz CT molecular complexity index is 784. The highest BCUT2D eigenvalue weighted by atomic mass is 32.2. The summed E-state index contributed by atoms with van der Waals surface area (Å²) in [7, 11) is 0. The van der Waals surface area contributed by atoms with Crippen molar-refractivity contribution in [2.75, 3.05) is 0 Å². The predicted molar refractivity (Wildman–Crippen MR) is 87.2 cm³/mol. The summed E-state index contributed by atoms with van der Waals surface area (Å²) in [5.74, 6) is -0.0659. The zero-order valence-corrected chi connectivity index (χ0v) is 13.6. The molecule has 116 valence electrons. The molecular formula is C16H15N5OS. The average molecular weight is 325 g/mol. The number of nitrogens with zero attached hydrogens (tertiary/aromatic N) is 5. The molecule has 1 atom stereocenters. The SMILES string of the molecule is Cc1cc(C)nc(SC(C(=O)c2ccccc2)n2cncn2)n1. The van der Waals surface area contributed by atoms with Crippen LogP contribution in [-0.4, -0.2) is 30.5 Å². The number of Topliss-reactive ketones (excluding diaryl/α,β-unsaturated/α-hetero) is 1. The van der Waals surface area contributed by atoms with Gasteiger partial charge in [-0.05, 0) is 19.9 Å². The maximum Gasteiger partial charge on any atom is 0.198 e. The van der Waals surface area contributed by atoms with Crippen LogP contribution >= 0.6 is 11.8 Å². The van der Waals surface area contributed by atoms with E-state index < -0.39 is 5.37 Å². The second-order valence-corrected chi connectivity index (χ2v) is 6.06. The van der Waals surface area contributed by atoms with Crippen LogP contribution in [0.15, 0.2) is 54.2 Å². The summed E-state index contributed by atoms with van der Waals surface area (Å²) >= 11 is 1.27. The number of aromatic nitrogens is 5. The Balaban J connectivity index is 1.95. The molecule has 0 spiro atoms. The van der Waals surface area contributed by atoms with E-state index in [-0.39, 0.29) is 5.78 Å². The number of hydrogen-bond donors (Lipinski definition) is 0. The summed E-state index contributed by atoms with van der Waals surface area (Å²) in [6, 6.07) is 11.0. The second-order valence-electron chi connectivity index (χ2n) is 5.01. The van der Waals surface area contributed by atoms with Gasteiger partial charge in [0.05, 0.1) is 0 Å². The average Bonchev–Trinajstić information content (AvgIpc) is 3.06. The maximum absolute atomic E-state index is 12.9. The predicted octanol–water partition coefficient (Wildman–Crippen LogP) is 2.86. The van der Waals surface area contributed by atoms with Crippen molar-refractivity contribution in [3.8, 4) is 0 Å². The number of aryl methyl sites for hydroxylation is 2. The minimum absolute atomic E-state index is 0.0659. The normalized spacial score (nSPS) is 12.1. The van der Waals surface area contributed by atoms with Crippen LogP contribution in [0, 0.1) is 13.8 Å². The smallest absolute Gasteiger partial charge is 0.198 e. The topological polar surface area (TPSA) is 73.6 Å². The Hall–Kier alpha value is -2.54. The van der Waals surface area contributed by atoms with E-state index in [1.54, 1.807) is 12.1 Å². The van der Waals surface area contributed by atoms with Crippen molar-refractivity contribution < 1.29 is 4.79 Å². The van der Waals surface area contributed by atoms with Crippen molar-refractivity contribution in [3.63, 3.8) is 0 Å². The molecule has 3 rings (SSSR count). The molecule has 1 unspecified atom stereocenters. The van der Waals surface area contributed by atoms with E-state index in [1.165, 1.54) is 29.1 Å². The third kappa shape index (κ3) is 3.62. The first kappa shape index (κ1) is 15.4. The number of hydrogen-bond acceptors (Lipinski definition) is 6. The Morgan fingerprint density at radius 2 is 1.83 bits per heavy atom. The molecule has 0 saturated heterocycles. The summed E-state index contributed by atoms with van der Waals surface area (Å²) in [4.78, 5) is 25.6. The fourth-order valence-corrected chi connectivity index (χ4v) is 3.21. The van der Waals surface area contributed by atoms with Crippen LogP contribution in [0.4, 0.5) is 0 Å². The van der Waals surface area contributed by atoms with E-state index in [2.05, 4.69) is 20.1 Å². The number of ketones is 1. The molecule has 2 heterocycles. The quantitative estimate of drug-likeness (QED) is 0.408. The molecule has 6 nitrogen and oxygen atoms in total. The molecule has 23 heavy (non-hydrogen) atoms. The molecule has 3 aromatic rings. The largest absolute Gasteiger partial charge is 0.291 e. The lowest BCUT2D eigenvalue weighted by atomic mass is 10.1. The number of carbonyl (C=O) groups is 1. The molecule has 0 N–H and O–H groups in total. The summed E-state index contributed by atoms with van der Waals surface area (Å²) in [5.41, 5.74) is 2.35. The van der Waals surface area contributed by atoms with Crippen molar-refractivity contribution >= 4 is 17.5 Å². The van der Waals surface area contributed by atoms with E-state index in [4.69, 9.17) is 0 Å². The molecule has 0 amide bonds. The van der Waals surface area contributed by atoms with Crippen molar-refractivity contribution in [2.24, 2.45) is 0 Å². The fraction of sp³-hybridized carbons (Fsp3) is 0.188. The highest BCUT2D eigenvalue weighted by Crippen LogP contribution is 2.31. The van der Waals surface area contributed by atoms with Gasteiger partial charge < -0.3 is 0 Å². The van der Waals surface area contributed by atoms with Gasteiger partial charge in [-0.2, -0.15) is 5.10 Å². The molecule has 0 radical (unpaired) electrons. The highest BCUT2D eigenvalue weighted by Gasteiger charge is 2.25. The van der Waals surface area contributed by atoms with E-state index >= 15 is 0 Å². The van der Waals surface area contributed by atoms with E-state index in [0.717, 1.165) is 11.4 Å². The summed E-state index contributed by atoms with van der Waals surface area (Å²) < 4.78 is 1.53. The molecule has 0 bridgehead atoms. The number of rotatable bonds is 5. The van der Waals surface area contributed by atoms with Crippen molar-refractivity contribution in [3.05, 3.63) is 66.0 Å². The van der Waals surface area contributed by atoms with Crippen LogP contribution in [-0.2, 0) is 0 Å². The monoisotopic (exact) mass is 325 g/mol. The first-order valence-corrected chi connectivity index (χ1v) is 7.94. The molecular weight excluding hydrogens is 310 g/mol. The molecule has 7 heteroatoms. The van der Waals surface area contributed by atoms with E-state index in [9.17, 15) is 4.79 Å². The van der Waals surface area contributed by atoms with Gasteiger partial charge in [0.25, 0.3) is 0 Å². The van der Waals surface area contributed by atoms with Gasteiger partial charge >= 0.3 is 0 Å².